The Hall–Kier alpha value is -1.27. The maximum atomic E-state index is 14.1. The van der Waals surface area contributed by atoms with Crippen molar-refractivity contribution in [1.29, 1.82) is 0 Å². The molecule has 1 aromatic carbocycles. The summed E-state index contributed by atoms with van der Waals surface area (Å²) in [5.41, 5.74) is 6.04. The van der Waals surface area contributed by atoms with Crippen LogP contribution in [0.25, 0.3) is 0 Å². The summed E-state index contributed by atoms with van der Waals surface area (Å²) in [7, 11) is 0. The molecule has 0 heterocycles. The van der Waals surface area contributed by atoms with Crippen LogP contribution < -0.4 is 11.1 Å². The Morgan fingerprint density at radius 3 is 2.79 bits per heavy atom. The standard InChI is InChI=1S/C13H20FN3OS/c1-13(2,19-3)8-16-7-9-5-4-6-10(11(9)14)12(15)17-18/h4-6,16,18H,7-8H2,1-3H3,(H2,15,17). The lowest BCUT2D eigenvalue weighted by atomic mass is 10.1. The Morgan fingerprint density at radius 1 is 1.53 bits per heavy atom. The van der Waals surface area contributed by atoms with E-state index in [1.165, 1.54) is 6.07 Å². The first-order valence-electron chi connectivity index (χ1n) is 5.92. The number of oxime groups is 1. The summed E-state index contributed by atoms with van der Waals surface area (Å²) in [4.78, 5) is 0. The van der Waals surface area contributed by atoms with Crippen molar-refractivity contribution in [2.45, 2.75) is 25.1 Å². The third-order valence-corrected chi connectivity index (χ3v) is 4.13. The Bertz CT molecular complexity index is 463. The summed E-state index contributed by atoms with van der Waals surface area (Å²) in [5.74, 6) is -0.670. The number of nitrogens with one attached hydrogen (secondary N) is 1. The van der Waals surface area contributed by atoms with Crippen molar-refractivity contribution in [1.82, 2.24) is 5.32 Å². The van der Waals surface area contributed by atoms with Crippen molar-refractivity contribution < 1.29 is 9.60 Å². The first-order valence-corrected chi connectivity index (χ1v) is 7.15. The molecule has 1 rings (SSSR count). The molecule has 6 heteroatoms. The molecule has 0 radical (unpaired) electrons. The van der Waals surface area contributed by atoms with E-state index in [4.69, 9.17) is 10.9 Å². The van der Waals surface area contributed by atoms with Crippen LogP contribution >= 0.6 is 11.8 Å². The van der Waals surface area contributed by atoms with Crippen LogP contribution in [0, 0.1) is 5.82 Å². The first kappa shape index (κ1) is 15.8. The van der Waals surface area contributed by atoms with Crippen molar-refractivity contribution in [2.24, 2.45) is 10.9 Å². The largest absolute Gasteiger partial charge is 0.409 e. The second kappa shape index (κ2) is 6.77. The van der Waals surface area contributed by atoms with Gasteiger partial charge in [-0.3, -0.25) is 0 Å². The van der Waals surface area contributed by atoms with Gasteiger partial charge in [0, 0.05) is 23.4 Å². The van der Waals surface area contributed by atoms with Gasteiger partial charge in [0.2, 0.25) is 0 Å². The van der Waals surface area contributed by atoms with Crippen LogP contribution in [0.2, 0.25) is 0 Å². The summed E-state index contributed by atoms with van der Waals surface area (Å²) in [6.07, 6.45) is 2.04. The molecule has 0 unspecified atom stereocenters. The number of nitrogens with zero attached hydrogens (tertiary/aromatic N) is 1. The van der Waals surface area contributed by atoms with E-state index in [9.17, 15) is 4.39 Å². The molecule has 0 atom stereocenters. The molecule has 0 spiro atoms. The van der Waals surface area contributed by atoms with Crippen LogP contribution in [-0.2, 0) is 6.54 Å². The lowest BCUT2D eigenvalue weighted by molar-refractivity contribution is 0.318. The third kappa shape index (κ3) is 4.40. The molecular weight excluding hydrogens is 265 g/mol. The number of nitrogens with two attached hydrogens (primary N) is 1. The molecule has 19 heavy (non-hydrogen) atoms. The Morgan fingerprint density at radius 2 is 2.21 bits per heavy atom. The quantitative estimate of drug-likeness (QED) is 0.324. The maximum absolute atomic E-state index is 14.1. The minimum Gasteiger partial charge on any atom is -0.409 e. The van der Waals surface area contributed by atoms with Gasteiger partial charge >= 0.3 is 0 Å². The van der Waals surface area contributed by atoms with Gasteiger partial charge in [-0.15, -0.1) is 0 Å². The van der Waals surface area contributed by atoms with Gasteiger partial charge in [-0.25, -0.2) is 4.39 Å². The molecule has 0 saturated carbocycles. The van der Waals surface area contributed by atoms with Gasteiger partial charge in [-0.1, -0.05) is 17.3 Å². The summed E-state index contributed by atoms with van der Waals surface area (Å²) in [6, 6.07) is 4.86. The second-order valence-corrected chi connectivity index (χ2v) is 6.34. The molecule has 0 aliphatic rings. The topological polar surface area (TPSA) is 70.6 Å². The highest BCUT2D eigenvalue weighted by molar-refractivity contribution is 7.99. The van der Waals surface area contributed by atoms with E-state index < -0.39 is 5.82 Å². The highest BCUT2D eigenvalue weighted by Crippen LogP contribution is 2.20. The van der Waals surface area contributed by atoms with Crippen molar-refractivity contribution in [2.75, 3.05) is 12.8 Å². The minimum absolute atomic E-state index is 0.0969. The van der Waals surface area contributed by atoms with E-state index in [1.54, 1.807) is 23.9 Å². The highest BCUT2D eigenvalue weighted by atomic mass is 32.2. The molecule has 0 fully saturated rings. The zero-order chi connectivity index (χ0) is 14.5. The van der Waals surface area contributed by atoms with Gasteiger partial charge < -0.3 is 16.3 Å². The fraction of sp³-hybridized carbons (Fsp3) is 0.462. The molecule has 0 bridgehead atoms. The van der Waals surface area contributed by atoms with Crippen LogP contribution in [0.3, 0.4) is 0 Å². The lowest BCUT2D eigenvalue weighted by Gasteiger charge is -2.22. The van der Waals surface area contributed by atoms with Crippen LogP contribution in [0.4, 0.5) is 4.39 Å². The number of thioether (sulfide) groups is 1. The van der Waals surface area contributed by atoms with E-state index in [0.29, 0.717) is 12.1 Å². The van der Waals surface area contributed by atoms with Gasteiger partial charge in [-0.2, -0.15) is 11.8 Å². The summed E-state index contributed by atoms with van der Waals surface area (Å²) in [6.45, 7) is 5.41. The predicted molar refractivity (Wildman–Crippen MR) is 78.2 cm³/mol. The van der Waals surface area contributed by atoms with E-state index in [0.717, 1.165) is 6.54 Å². The van der Waals surface area contributed by atoms with Crippen LogP contribution in [0.5, 0.6) is 0 Å². The first-order chi connectivity index (χ1) is 8.91. The summed E-state index contributed by atoms with van der Waals surface area (Å²) < 4.78 is 14.2. The van der Waals surface area contributed by atoms with E-state index in [1.807, 2.05) is 6.26 Å². The summed E-state index contributed by atoms with van der Waals surface area (Å²) in [5, 5.41) is 14.6. The number of amidine groups is 1. The fourth-order valence-corrected chi connectivity index (χ4v) is 1.78. The van der Waals surface area contributed by atoms with E-state index in [2.05, 4.69) is 24.3 Å². The van der Waals surface area contributed by atoms with Gasteiger partial charge in [0.05, 0.1) is 5.56 Å². The van der Waals surface area contributed by atoms with Crippen LogP contribution in [0.1, 0.15) is 25.0 Å². The lowest BCUT2D eigenvalue weighted by Crippen LogP contribution is -2.32. The summed E-state index contributed by atoms with van der Waals surface area (Å²) >= 11 is 1.75. The van der Waals surface area contributed by atoms with Crippen molar-refractivity contribution >= 4 is 17.6 Å². The minimum atomic E-state index is -0.452. The molecule has 4 N–H and O–H groups in total. The molecular formula is C13H20FN3OS. The number of benzene rings is 1. The van der Waals surface area contributed by atoms with Gasteiger partial charge in [0.25, 0.3) is 0 Å². The third-order valence-electron chi connectivity index (χ3n) is 2.88. The second-order valence-electron chi connectivity index (χ2n) is 4.83. The normalized spacial score (nSPS) is 12.7. The van der Waals surface area contributed by atoms with Crippen LogP contribution in [0.15, 0.2) is 23.4 Å². The number of rotatable bonds is 6. The van der Waals surface area contributed by atoms with E-state index >= 15 is 0 Å². The highest BCUT2D eigenvalue weighted by Gasteiger charge is 2.16. The molecule has 0 amide bonds. The molecule has 0 aromatic heterocycles. The maximum Gasteiger partial charge on any atom is 0.173 e. The Balaban J connectivity index is 2.75. The zero-order valence-corrected chi connectivity index (χ0v) is 12.2. The molecule has 0 aliphatic carbocycles. The number of hydrogen-bond donors (Lipinski definition) is 3. The van der Waals surface area contributed by atoms with Gasteiger partial charge in [0.15, 0.2) is 5.84 Å². The smallest absolute Gasteiger partial charge is 0.173 e. The molecule has 0 aliphatic heterocycles. The number of halogens is 1. The average Bonchev–Trinajstić information content (AvgIpc) is 2.40. The number of hydrogen-bond acceptors (Lipinski definition) is 4. The van der Waals surface area contributed by atoms with Crippen molar-refractivity contribution in [3.63, 3.8) is 0 Å². The fourth-order valence-electron chi connectivity index (χ4n) is 1.54. The molecule has 1 aromatic rings. The SMILES string of the molecule is CSC(C)(C)CNCc1cccc(/C(N)=N/O)c1F. The van der Waals surface area contributed by atoms with Crippen molar-refractivity contribution in [3.05, 3.63) is 35.1 Å². The Kier molecular flexibility index (Phi) is 5.62. The Labute approximate surface area is 117 Å². The predicted octanol–water partition coefficient (Wildman–Crippen LogP) is 2.15. The van der Waals surface area contributed by atoms with Gasteiger partial charge in [0.1, 0.15) is 5.82 Å². The average molecular weight is 285 g/mol. The molecule has 4 nitrogen and oxygen atoms in total. The monoisotopic (exact) mass is 285 g/mol. The van der Waals surface area contributed by atoms with E-state index in [-0.39, 0.29) is 16.1 Å². The zero-order valence-electron chi connectivity index (χ0n) is 11.4. The van der Waals surface area contributed by atoms with Crippen LogP contribution in [-0.4, -0.2) is 28.6 Å². The van der Waals surface area contributed by atoms with Gasteiger partial charge in [-0.05, 0) is 26.2 Å². The van der Waals surface area contributed by atoms with Crippen molar-refractivity contribution in [3.8, 4) is 0 Å². The molecule has 0 saturated heterocycles. The molecule has 106 valence electrons.